The van der Waals surface area contributed by atoms with Crippen LogP contribution in [-0.4, -0.2) is 81.1 Å². The summed E-state index contributed by atoms with van der Waals surface area (Å²) in [7, 11) is -4.26. The van der Waals surface area contributed by atoms with Crippen LogP contribution in [-0.2, 0) is 29.0 Å². The normalized spacial score (nSPS) is 26.6. The number of para-hydroxylation sites is 1. The van der Waals surface area contributed by atoms with E-state index in [4.69, 9.17) is 24.3 Å². The van der Waals surface area contributed by atoms with Crippen LogP contribution in [0.4, 0.5) is 5.82 Å². The standard InChI is InChI=1S/C27H35N6O8P/c1-17(26(36)39-18-8-6-7-9-18)32-42(37,41-19-10-4-3-5-11-19)38-14-21-23(34)24(35)27(40-21,15-29-2)22-13-12-20-25(28)30-16-31-33(20)22/h3-5,10-13,16-18,21,23-24,34-35H,2,6-9,14-15H2,1H3,(H,32,37)(H2,28,30,31)/t17-,21+,23+,24+,27-,42-/m0/s1. The second-order valence-corrected chi connectivity index (χ2v) is 12.1. The first kappa shape index (κ1) is 30.1. The second-order valence-electron chi connectivity index (χ2n) is 10.4. The first-order valence-electron chi connectivity index (χ1n) is 13.7. The topological polar surface area (TPSA) is 192 Å². The zero-order valence-electron chi connectivity index (χ0n) is 23.1. The number of nitrogen functional groups attached to an aromatic ring is 1. The van der Waals surface area contributed by atoms with Gasteiger partial charge in [-0.15, -0.1) is 0 Å². The van der Waals surface area contributed by atoms with Gasteiger partial charge in [0.05, 0.1) is 18.8 Å². The first-order chi connectivity index (χ1) is 20.2. The molecule has 3 aromatic rings. The van der Waals surface area contributed by atoms with Crippen LogP contribution in [0.5, 0.6) is 5.75 Å². The monoisotopic (exact) mass is 602 g/mol. The summed E-state index contributed by atoms with van der Waals surface area (Å²) in [6.07, 6.45) is 0.403. The molecule has 3 heterocycles. The largest absolute Gasteiger partial charge is 0.461 e. The Morgan fingerprint density at radius 1 is 1.29 bits per heavy atom. The number of nitrogens with two attached hydrogens (primary N) is 1. The lowest BCUT2D eigenvalue weighted by molar-refractivity contribution is -0.150. The van der Waals surface area contributed by atoms with Gasteiger partial charge in [0, 0.05) is 0 Å². The molecule has 1 saturated heterocycles. The van der Waals surface area contributed by atoms with E-state index in [2.05, 4.69) is 26.9 Å². The van der Waals surface area contributed by atoms with Crippen molar-refractivity contribution in [1.82, 2.24) is 19.7 Å². The Morgan fingerprint density at radius 2 is 2.02 bits per heavy atom. The number of fused-ring (bicyclic) bond motifs is 1. The number of benzene rings is 1. The number of carbonyl (C=O) groups excluding carboxylic acids is 1. The summed E-state index contributed by atoms with van der Waals surface area (Å²) < 4.78 is 38.6. The van der Waals surface area contributed by atoms with Crippen LogP contribution >= 0.6 is 7.75 Å². The number of aliphatic hydroxyl groups is 2. The van der Waals surface area contributed by atoms with Crippen molar-refractivity contribution in [3.8, 4) is 5.75 Å². The maximum absolute atomic E-state index is 14.0. The van der Waals surface area contributed by atoms with E-state index in [1.54, 1.807) is 42.5 Å². The number of esters is 1. The van der Waals surface area contributed by atoms with E-state index in [0.717, 1.165) is 25.7 Å². The zero-order chi connectivity index (χ0) is 29.9. The molecule has 0 spiro atoms. The fourth-order valence-corrected chi connectivity index (χ4v) is 6.83. The Bertz CT molecular complexity index is 1450. The Hall–Kier alpha value is -3.39. The maximum Gasteiger partial charge on any atom is 0.459 e. The molecule has 226 valence electrons. The molecular formula is C27H35N6O8P. The number of carbonyl (C=O) groups is 1. The predicted octanol–water partition coefficient (Wildman–Crippen LogP) is 2.00. The van der Waals surface area contributed by atoms with Gasteiger partial charge in [-0.05, 0) is 63.6 Å². The molecule has 0 unspecified atom stereocenters. The van der Waals surface area contributed by atoms with Crippen LogP contribution < -0.4 is 15.3 Å². The van der Waals surface area contributed by atoms with Crippen molar-refractivity contribution in [2.24, 2.45) is 4.99 Å². The molecule has 5 N–H and O–H groups in total. The molecule has 42 heavy (non-hydrogen) atoms. The van der Waals surface area contributed by atoms with E-state index >= 15 is 0 Å². The van der Waals surface area contributed by atoms with Gasteiger partial charge in [0.15, 0.2) is 11.4 Å². The van der Waals surface area contributed by atoms with E-state index in [1.807, 2.05) is 0 Å². The lowest BCUT2D eigenvalue weighted by Gasteiger charge is -2.30. The molecule has 5 rings (SSSR count). The number of aliphatic hydroxyl groups excluding tert-OH is 2. The molecule has 1 aliphatic carbocycles. The summed E-state index contributed by atoms with van der Waals surface area (Å²) in [5, 5.41) is 29.2. The van der Waals surface area contributed by atoms with Crippen LogP contribution in [0.2, 0.25) is 0 Å². The van der Waals surface area contributed by atoms with Gasteiger partial charge in [0.25, 0.3) is 0 Å². The SMILES string of the molecule is C=NC[C@@]1(c2ccc3c(N)ncnn23)O[C@H](CO[P@@](=O)(N[C@@H](C)C(=O)OC2CCCC2)Oc2ccccc2)[C@@H](O)[C@H]1O. The zero-order valence-corrected chi connectivity index (χ0v) is 24.0. The van der Waals surface area contributed by atoms with Crippen molar-refractivity contribution in [3.63, 3.8) is 0 Å². The highest BCUT2D eigenvalue weighted by atomic mass is 31.2. The third kappa shape index (κ3) is 6.05. The minimum atomic E-state index is -4.26. The molecule has 0 radical (unpaired) electrons. The number of aliphatic imine (C=N–C) groups is 1. The van der Waals surface area contributed by atoms with Gasteiger partial charge in [0.1, 0.15) is 48.1 Å². The van der Waals surface area contributed by atoms with Gasteiger partial charge < -0.3 is 29.9 Å². The van der Waals surface area contributed by atoms with Gasteiger partial charge >= 0.3 is 13.7 Å². The lowest BCUT2D eigenvalue weighted by atomic mass is 9.91. The van der Waals surface area contributed by atoms with Crippen molar-refractivity contribution in [2.75, 3.05) is 18.9 Å². The average molecular weight is 603 g/mol. The number of aromatic nitrogens is 3. The highest BCUT2D eigenvalue weighted by Gasteiger charge is 2.57. The van der Waals surface area contributed by atoms with Crippen LogP contribution in [0, 0.1) is 0 Å². The molecule has 2 fully saturated rings. The summed E-state index contributed by atoms with van der Waals surface area (Å²) in [4.78, 5) is 20.7. The summed E-state index contributed by atoms with van der Waals surface area (Å²) >= 11 is 0. The maximum atomic E-state index is 14.0. The van der Waals surface area contributed by atoms with Crippen molar-refractivity contribution in [1.29, 1.82) is 0 Å². The molecule has 0 bridgehead atoms. The molecule has 1 saturated carbocycles. The van der Waals surface area contributed by atoms with Gasteiger partial charge in [-0.1, -0.05) is 18.2 Å². The fourth-order valence-electron chi connectivity index (χ4n) is 5.33. The predicted molar refractivity (Wildman–Crippen MR) is 152 cm³/mol. The minimum absolute atomic E-state index is 0.155. The van der Waals surface area contributed by atoms with Gasteiger partial charge in [-0.25, -0.2) is 14.1 Å². The lowest BCUT2D eigenvalue weighted by Crippen LogP contribution is -2.44. The Labute approximate surface area is 242 Å². The third-order valence-electron chi connectivity index (χ3n) is 7.47. The highest BCUT2D eigenvalue weighted by Crippen LogP contribution is 2.47. The Balaban J connectivity index is 1.36. The molecule has 1 aliphatic heterocycles. The molecular weight excluding hydrogens is 567 g/mol. The van der Waals surface area contributed by atoms with Crippen molar-refractivity contribution < 1.29 is 38.1 Å². The molecule has 6 atom stereocenters. The number of hydrogen-bond donors (Lipinski definition) is 4. The van der Waals surface area contributed by atoms with E-state index in [-0.39, 0.29) is 24.2 Å². The number of rotatable bonds is 12. The van der Waals surface area contributed by atoms with Crippen molar-refractivity contribution in [3.05, 3.63) is 54.5 Å². The number of ether oxygens (including phenoxy) is 2. The Morgan fingerprint density at radius 3 is 2.74 bits per heavy atom. The summed E-state index contributed by atoms with van der Waals surface area (Å²) in [6, 6.07) is 10.5. The molecule has 1 aromatic carbocycles. The molecule has 2 aromatic heterocycles. The average Bonchev–Trinajstić information content (AvgIpc) is 3.70. The Kier molecular flexibility index (Phi) is 8.92. The van der Waals surface area contributed by atoms with E-state index in [9.17, 15) is 19.6 Å². The fraction of sp³-hybridized carbons (Fsp3) is 0.481. The van der Waals surface area contributed by atoms with Crippen LogP contribution in [0.25, 0.3) is 5.52 Å². The quantitative estimate of drug-likeness (QED) is 0.134. The van der Waals surface area contributed by atoms with Gasteiger partial charge in [0.2, 0.25) is 0 Å². The number of nitrogens with one attached hydrogen (secondary N) is 1. The van der Waals surface area contributed by atoms with E-state index in [1.165, 1.54) is 17.8 Å². The number of nitrogens with zero attached hydrogens (tertiary/aromatic N) is 4. The third-order valence-corrected chi connectivity index (χ3v) is 9.12. The highest BCUT2D eigenvalue weighted by molar-refractivity contribution is 7.52. The summed E-state index contributed by atoms with van der Waals surface area (Å²) in [5.74, 6) is -0.163. The summed E-state index contributed by atoms with van der Waals surface area (Å²) in [5.41, 5.74) is 5.18. The number of hydrogen-bond acceptors (Lipinski definition) is 12. The van der Waals surface area contributed by atoms with Gasteiger partial charge in [-0.2, -0.15) is 10.2 Å². The van der Waals surface area contributed by atoms with Crippen LogP contribution in [0.15, 0.2) is 53.8 Å². The van der Waals surface area contributed by atoms with E-state index in [0.29, 0.717) is 11.2 Å². The minimum Gasteiger partial charge on any atom is -0.461 e. The molecule has 14 nitrogen and oxygen atoms in total. The molecule has 2 aliphatic rings. The van der Waals surface area contributed by atoms with Crippen molar-refractivity contribution in [2.45, 2.75) is 68.7 Å². The van der Waals surface area contributed by atoms with Crippen LogP contribution in [0.1, 0.15) is 38.3 Å². The van der Waals surface area contributed by atoms with E-state index < -0.39 is 50.3 Å². The molecule has 0 amide bonds. The first-order valence-corrected chi connectivity index (χ1v) is 15.2. The second kappa shape index (κ2) is 12.5. The number of anilines is 1. The summed E-state index contributed by atoms with van der Waals surface area (Å²) in [6.45, 7) is 4.40. The van der Waals surface area contributed by atoms with Crippen molar-refractivity contribution >= 4 is 31.8 Å². The van der Waals surface area contributed by atoms with Gasteiger partial charge in [-0.3, -0.25) is 14.3 Å². The smallest absolute Gasteiger partial charge is 0.459 e. The van der Waals surface area contributed by atoms with Crippen LogP contribution in [0.3, 0.4) is 0 Å². The molecule has 15 heteroatoms.